The van der Waals surface area contributed by atoms with E-state index in [2.05, 4.69) is 15.9 Å². The highest BCUT2D eigenvalue weighted by molar-refractivity contribution is 9.10. The molecular weight excluding hydrogens is 380 g/mol. The number of methoxy groups -OCH3 is 2. The van der Waals surface area contributed by atoms with Crippen LogP contribution in [0.1, 0.15) is 17.5 Å². The van der Waals surface area contributed by atoms with E-state index in [-0.39, 0.29) is 0 Å². The quantitative estimate of drug-likeness (QED) is 0.747. The van der Waals surface area contributed by atoms with Crippen LogP contribution in [0, 0.1) is 0 Å². The molecule has 130 valence electrons. The molecule has 1 N–H and O–H groups in total. The Bertz CT molecular complexity index is 777. The summed E-state index contributed by atoms with van der Waals surface area (Å²) in [5, 5.41) is 11.9. The minimum atomic E-state index is -1.27. The van der Waals surface area contributed by atoms with Crippen LogP contribution in [-0.2, 0) is 15.1 Å². The molecule has 2 aromatic carbocycles. The van der Waals surface area contributed by atoms with Gasteiger partial charge in [0.05, 0.1) is 0 Å². The number of hydrogen-bond acceptors (Lipinski definition) is 3. The summed E-state index contributed by atoms with van der Waals surface area (Å²) in [5.74, 6) is -0.873. The Morgan fingerprint density at radius 3 is 2.16 bits per heavy atom. The van der Waals surface area contributed by atoms with Gasteiger partial charge in [0.2, 0.25) is 0 Å². The molecule has 0 aliphatic heterocycles. The Morgan fingerprint density at radius 1 is 0.960 bits per heavy atom. The molecule has 0 spiro atoms. The van der Waals surface area contributed by atoms with Gasteiger partial charge in [-0.25, -0.2) is 0 Å². The first-order valence-electron chi connectivity index (χ1n) is 8.07. The molecule has 1 atom stereocenters. The van der Waals surface area contributed by atoms with Crippen LogP contribution in [0.3, 0.4) is 0 Å². The first kappa shape index (κ1) is 18.1. The lowest BCUT2D eigenvalue weighted by molar-refractivity contribution is -0.172. The molecule has 1 aliphatic rings. The zero-order valence-corrected chi connectivity index (χ0v) is 15.9. The number of halogens is 1. The molecule has 25 heavy (non-hydrogen) atoms. The smallest absolute Gasteiger partial charge is 0.191 e. The highest BCUT2D eigenvalue weighted by Crippen LogP contribution is 2.43. The predicted molar refractivity (Wildman–Crippen MR) is 102 cm³/mol. The van der Waals surface area contributed by atoms with Crippen LogP contribution in [0.25, 0.3) is 0 Å². The van der Waals surface area contributed by atoms with Crippen LogP contribution in [0.2, 0.25) is 0 Å². The summed E-state index contributed by atoms with van der Waals surface area (Å²) in [7, 11) is 3.22. The van der Waals surface area contributed by atoms with Crippen molar-refractivity contribution in [2.24, 2.45) is 0 Å². The van der Waals surface area contributed by atoms with Crippen molar-refractivity contribution in [2.45, 2.75) is 17.8 Å². The number of benzene rings is 2. The van der Waals surface area contributed by atoms with E-state index < -0.39 is 11.4 Å². The minimum Gasteiger partial charge on any atom is -0.376 e. The summed E-state index contributed by atoms with van der Waals surface area (Å²) in [6, 6.07) is 17.4. The Hall–Kier alpha value is -1.72. The minimum absolute atomic E-state index is 0.429. The number of ether oxygens (including phenoxy) is 2. The summed E-state index contributed by atoms with van der Waals surface area (Å²) in [6.07, 6.45) is 6.10. The topological polar surface area (TPSA) is 38.7 Å². The van der Waals surface area contributed by atoms with E-state index in [9.17, 15) is 5.11 Å². The van der Waals surface area contributed by atoms with Gasteiger partial charge in [-0.2, -0.15) is 0 Å². The second kappa shape index (κ2) is 7.26. The summed E-state index contributed by atoms with van der Waals surface area (Å²) in [4.78, 5) is 0. The second-order valence-corrected chi connectivity index (χ2v) is 6.95. The maximum absolute atomic E-state index is 11.9. The molecule has 0 unspecified atom stereocenters. The first-order valence-corrected chi connectivity index (χ1v) is 8.86. The Kier molecular flexibility index (Phi) is 5.25. The van der Waals surface area contributed by atoms with Gasteiger partial charge in [-0.3, -0.25) is 0 Å². The third-order valence-electron chi connectivity index (χ3n) is 4.69. The SMILES string of the molecule is COC1(OC)C=CC=C([C@](O)(c2ccccc2)c2ccc(Br)cc2)C1. The standard InChI is InChI=1S/C21H21BrO3/c1-24-20(25-2)14-6-9-18(15-20)21(23,16-7-4-3-5-8-16)17-10-12-19(22)13-11-17/h3-14,23H,15H2,1-2H3/t21-/m0/s1. The molecule has 3 nitrogen and oxygen atoms in total. The van der Waals surface area contributed by atoms with Gasteiger partial charge in [-0.1, -0.05) is 70.5 Å². The van der Waals surface area contributed by atoms with E-state index in [1.807, 2.05) is 72.8 Å². The molecule has 4 heteroatoms. The monoisotopic (exact) mass is 400 g/mol. The molecule has 0 saturated heterocycles. The molecule has 2 aromatic rings. The molecule has 0 heterocycles. The van der Waals surface area contributed by atoms with E-state index in [4.69, 9.17) is 9.47 Å². The molecule has 1 aliphatic carbocycles. The van der Waals surface area contributed by atoms with Gasteiger partial charge < -0.3 is 14.6 Å². The predicted octanol–water partition coefficient (Wildman–Crippen LogP) is 4.56. The van der Waals surface area contributed by atoms with Crippen LogP contribution >= 0.6 is 15.9 Å². The Morgan fingerprint density at radius 2 is 1.56 bits per heavy atom. The number of rotatable bonds is 5. The molecular formula is C21H21BrO3. The van der Waals surface area contributed by atoms with Gasteiger partial charge in [0.15, 0.2) is 5.79 Å². The van der Waals surface area contributed by atoms with Crippen LogP contribution in [0.4, 0.5) is 0 Å². The Balaban J connectivity index is 2.14. The van der Waals surface area contributed by atoms with Crippen molar-refractivity contribution >= 4 is 15.9 Å². The maximum atomic E-state index is 11.9. The third kappa shape index (κ3) is 3.35. The zero-order valence-electron chi connectivity index (χ0n) is 14.3. The van der Waals surface area contributed by atoms with Crippen LogP contribution in [0.5, 0.6) is 0 Å². The van der Waals surface area contributed by atoms with Crippen molar-refractivity contribution in [1.82, 2.24) is 0 Å². The van der Waals surface area contributed by atoms with Crippen molar-refractivity contribution in [3.05, 3.63) is 94.0 Å². The molecule has 0 bridgehead atoms. The van der Waals surface area contributed by atoms with Gasteiger partial charge >= 0.3 is 0 Å². The molecule has 0 saturated carbocycles. The fourth-order valence-corrected chi connectivity index (χ4v) is 3.48. The number of allylic oxidation sites excluding steroid dienone is 2. The van der Waals surface area contributed by atoms with E-state index in [0.29, 0.717) is 6.42 Å². The summed E-state index contributed by atoms with van der Waals surface area (Å²) < 4.78 is 12.1. The van der Waals surface area contributed by atoms with Crippen molar-refractivity contribution in [3.63, 3.8) is 0 Å². The fourth-order valence-electron chi connectivity index (χ4n) is 3.21. The highest BCUT2D eigenvalue weighted by atomic mass is 79.9. The summed E-state index contributed by atoms with van der Waals surface area (Å²) in [5.41, 5.74) is 1.14. The molecule has 0 amide bonds. The molecule has 3 rings (SSSR count). The van der Waals surface area contributed by atoms with Gasteiger partial charge in [-0.15, -0.1) is 0 Å². The largest absolute Gasteiger partial charge is 0.376 e. The van der Waals surface area contributed by atoms with Gasteiger partial charge in [0, 0.05) is 25.1 Å². The lowest BCUT2D eigenvalue weighted by Gasteiger charge is -2.38. The fraction of sp³-hybridized carbons (Fsp3) is 0.238. The maximum Gasteiger partial charge on any atom is 0.191 e. The molecule has 0 radical (unpaired) electrons. The van der Waals surface area contributed by atoms with E-state index in [1.165, 1.54) is 0 Å². The van der Waals surface area contributed by atoms with Crippen molar-refractivity contribution in [1.29, 1.82) is 0 Å². The first-order chi connectivity index (χ1) is 12.0. The van der Waals surface area contributed by atoms with E-state index >= 15 is 0 Å². The zero-order chi connectivity index (χ0) is 17.9. The van der Waals surface area contributed by atoms with Crippen LogP contribution < -0.4 is 0 Å². The lowest BCUT2D eigenvalue weighted by Crippen LogP contribution is -2.39. The summed E-state index contributed by atoms with van der Waals surface area (Å²) in [6.45, 7) is 0. The Labute approximate surface area is 156 Å². The third-order valence-corrected chi connectivity index (χ3v) is 5.22. The second-order valence-electron chi connectivity index (χ2n) is 6.03. The van der Waals surface area contributed by atoms with Gasteiger partial charge in [-0.05, 0) is 34.9 Å². The lowest BCUT2D eigenvalue weighted by atomic mass is 9.76. The van der Waals surface area contributed by atoms with Gasteiger partial charge in [0.25, 0.3) is 0 Å². The van der Waals surface area contributed by atoms with Crippen molar-refractivity contribution < 1.29 is 14.6 Å². The van der Waals surface area contributed by atoms with Crippen molar-refractivity contribution in [3.8, 4) is 0 Å². The number of hydrogen-bond donors (Lipinski definition) is 1. The van der Waals surface area contributed by atoms with E-state index in [1.54, 1.807) is 14.2 Å². The average Bonchev–Trinajstić information content (AvgIpc) is 2.68. The normalized spacial score (nSPS) is 18.5. The van der Waals surface area contributed by atoms with Crippen LogP contribution in [-0.4, -0.2) is 25.1 Å². The van der Waals surface area contributed by atoms with Gasteiger partial charge in [0.1, 0.15) is 5.60 Å². The average molecular weight is 401 g/mol. The molecule has 0 fully saturated rings. The van der Waals surface area contributed by atoms with E-state index in [0.717, 1.165) is 21.2 Å². The number of aliphatic hydroxyl groups is 1. The highest BCUT2D eigenvalue weighted by Gasteiger charge is 2.41. The summed E-state index contributed by atoms with van der Waals surface area (Å²) >= 11 is 3.46. The molecule has 0 aromatic heterocycles. The van der Waals surface area contributed by atoms with Crippen LogP contribution in [0.15, 0.2) is 82.9 Å². The van der Waals surface area contributed by atoms with Crippen molar-refractivity contribution in [2.75, 3.05) is 14.2 Å².